The predicted octanol–water partition coefficient (Wildman–Crippen LogP) is 4.41. The van der Waals surface area contributed by atoms with Gasteiger partial charge in [-0.1, -0.05) is 54.2 Å². The van der Waals surface area contributed by atoms with Gasteiger partial charge in [-0.3, -0.25) is 4.79 Å². The minimum absolute atomic E-state index is 0.0561. The Bertz CT molecular complexity index is 1300. The molecule has 4 aromatic rings. The number of carbonyl (C=O) groups is 1. The number of fused-ring (bicyclic) bond motifs is 2. The summed E-state index contributed by atoms with van der Waals surface area (Å²) < 4.78 is 1.82. The summed E-state index contributed by atoms with van der Waals surface area (Å²) in [6.45, 7) is 2.07. The number of benzene rings is 3. The Morgan fingerprint density at radius 1 is 1.10 bits per heavy atom. The van der Waals surface area contributed by atoms with E-state index in [0.717, 1.165) is 22.9 Å². The van der Waals surface area contributed by atoms with Crippen molar-refractivity contribution in [2.75, 3.05) is 10.7 Å². The second-order valence-electron chi connectivity index (χ2n) is 7.82. The summed E-state index contributed by atoms with van der Waals surface area (Å²) in [7, 11) is 1.85. The molecular weight excluding hydrogens is 408 g/mol. The first kappa shape index (κ1) is 19.6. The highest BCUT2D eigenvalue weighted by Crippen LogP contribution is 2.35. The van der Waals surface area contributed by atoms with Gasteiger partial charge >= 0.3 is 0 Å². The average Bonchev–Trinajstić information content (AvgIpc) is 3.30. The first-order valence-corrected chi connectivity index (χ1v) is 11.2. The maximum absolute atomic E-state index is 13.0. The van der Waals surface area contributed by atoms with Crippen LogP contribution in [0.25, 0.3) is 22.2 Å². The average molecular weight is 431 g/mol. The number of amides is 1. The highest BCUT2D eigenvalue weighted by molar-refractivity contribution is 7.99. The highest BCUT2D eigenvalue weighted by Gasteiger charge is 2.30. The van der Waals surface area contributed by atoms with Crippen LogP contribution in [0.4, 0.5) is 5.69 Å². The molecule has 156 valence electrons. The van der Waals surface area contributed by atoms with E-state index in [1.165, 1.54) is 17.3 Å². The van der Waals surface area contributed by atoms with Gasteiger partial charge in [0.15, 0.2) is 11.0 Å². The summed E-state index contributed by atoms with van der Waals surface area (Å²) in [6, 6.07) is 19.7. The number of phenolic OH excluding ortho intramolecular Hbond substituents is 1. The summed E-state index contributed by atoms with van der Waals surface area (Å²) in [5, 5.41) is 21.7. The Labute approximate surface area is 184 Å². The number of nitrogens with zero attached hydrogens (tertiary/aromatic N) is 4. The van der Waals surface area contributed by atoms with Crippen molar-refractivity contribution in [1.29, 1.82) is 0 Å². The number of phenols is 1. The third-order valence-corrected chi connectivity index (χ3v) is 6.75. The van der Waals surface area contributed by atoms with E-state index < -0.39 is 0 Å². The van der Waals surface area contributed by atoms with Crippen LogP contribution in [0.15, 0.2) is 65.8 Å². The Morgan fingerprint density at radius 3 is 2.61 bits per heavy atom. The standard InChI is InChI=1S/C24H22N4O2S/c1-15-11-18-9-5-6-10-20(18)28(15)22(30)14-31-24-26-25-23(27(24)2)19-12-16-7-3-4-8-17(16)13-21(19)29/h3-10,12-13,15,29H,11,14H2,1-2H3/t15-/m1/s1. The predicted molar refractivity (Wildman–Crippen MR) is 123 cm³/mol. The van der Waals surface area contributed by atoms with Gasteiger partial charge in [0.1, 0.15) is 5.75 Å². The van der Waals surface area contributed by atoms with Crippen molar-refractivity contribution in [3.8, 4) is 17.1 Å². The monoisotopic (exact) mass is 430 g/mol. The normalized spacial score (nSPS) is 15.4. The first-order valence-electron chi connectivity index (χ1n) is 10.2. The van der Waals surface area contributed by atoms with Crippen LogP contribution in [0.1, 0.15) is 12.5 Å². The van der Waals surface area contributed by atoms with E-state index in [0.29, 0.717) is 16.5 Å². The van der Waals surface area contributed by atoms with Gasteiger partial charge in [0.25, 0.3) is 0 Å². The molecule has 1 aliphatic heterocycles. The largest absolute Gasteiger partial charge is 0.507 e. The van der Waals surface area contributed by atoms with Crippen LogP contribution in [-0.2, 0) is 18.3 Å². The van der Waals surface area contributed by atoms with Crippen molar-refractivity contribution in [1.82, 2.24) is 14.8 Å². The van der Waals surface area contributed by atoms with E-state index >= 15 is 0 Å². The molecule has 1 atom stereocenters. The van der Waals surface area contributed by atoms with Crippen LogP contribution in [0.3, 0.4) is 0 Å². The number of hydrogen-bond acceptors (Lipinski definition) is 5. The molecule has 0 fully saturated rings. The maximum Gasteiger partial charge on any atom is 0.237 e. The lowest BCUT2D eigenvalue weighted by Gasteiger charge is -2.22. The number of aromatic nitrogens is 3. The minimum Gasteiger partial charge on any atom is -0.507 e. The Balaban J connectivity index is 1.37. The van der Waals surface area contributed by atoms with Crippen LogP contribution in [0.5, 0.6) is 5.75 Å². The van der Waals surface area contributed by atoms with E-state index in [1.807, 2.05) is 65.0 Å². The smallest absolute Gasteiger partial charge is 0.237 e. The number of carbonyl (C=O) groups excluding carboxylic acids is 1. The van der Waals surface area contributed by atoms with Gasteiger partial charge in [0.2, 0.25) is 5.91 Å². The fourth-order valence-electron chi connectivity index (χ4n) is 4.22. The molecule has 1 aliphatic rings. The van der Waals surface area contributed by atoms with Gasteiger partial charge in [-0.2, -0.15) is 0 Å². The van der Waals surface area contributed by atoms with E-state index in [1.54, 1.807) is 6.07 Å². The van der Waals surface area contributed by atoms with Crippen molar-refractivity contribution >= 4 is 34.1 Å². The molecule has 1 aromatic heterocycles. The fraction of sp³-hybridized carbons (Fsp3) is 0.208. The number of hydrogen-bond donors (Lipinski definition) is 1. The number of aromatic hydroxyl groups is 1. The van der Waals surface area contributed by atoms with Gasteiger partial charge in [-0.05, 0) is 47.9 Å². The van der Waals surface area contributed by atoms with Crippen molar-refractivity contribution < 1.29 is 9.90 Å². The zero-order valence-corrected chi connectivity index (χ0v) is 18.1. The molecule has 0 spiro atoms. The number of rotatable bonds is 4. The molecule has 7 heteroatoms. The summed E-state index contributed by atoms with van der Waals surface area (Å²) in [5.74, 6) is 1.05. The summed E-state index contributed by atoms with van der Waals surface area (Å²) in [5.41, 5.74) is 2.83. The number of anilines is 1. The van der Waals surface area contributed by atoms with Crippen molar-refractivity contribution in [2.24, 2.45) is 7.05 Å². The molecule has 2 heterocycles. The Hall–Kier alpha value is -3.32. The van der Waals surface area contributed by atoms with Crippen LogP contribution < -0.4 is 4.90 Å². The minimum atomic E-state index is 0.0561. The third kappa shape index (κ3) is 3.45. The third-order valence-electron chi connectivity index (χ3n) is 5.74. The Morgan fingerprint density at radius 2 is 1.81 bits per heavy atom. The molecule has 1 N–H and O–H groups in total. The molecule has 3 aromatic carbocycles. The van der Waals surface area contributed by atoms with Crippen molar-refractivity contribution in [2.45, 2.75) is 24.5 Å². The van der Waals surface area contributed by atoms with E-state index in [2.05, 4.69) is 23.2 Å². The molecule has 0 saturated heterocycles. The molecule has 0 saturated carbocycles. The van der Waals surface area contributed by atoms with E-state index in [9.17, 15) is 9.90 Å². The zero-order chi connectivity index (χ0) is 21.5. The van der Waals surface area contributed by atoms with Gasteiger partial charge in [-0.25, -0.2) is 0 Å². The lowest BCUT2D eigenvalue weighted by Crippen LogP contribution is -2.37. The fourth-order valence-corrected chi connectivity index (χ4v) is 4.99. The van der Waals surface area contributed by atoms with Crippen LogP contribution in [0, 0.1) is 0 Å². The molecule has 31 heavy (non-hydrogen) atoms. The van der Waals surface area contributed by atoms with Gasteiger partial charge in [0.05, 0.1) is 11.3 Å². The maximum atomic E-state index is 13.0. The lowest BCUT2D eigenvalue weighted by molar-refractivity contribution is -0.116. The van der Waals surface area contributed by atoms with E-state index in [4.69, 9.17) is 0 Å². The molecule has 0 bridgehead atoms. The second-order valence-corrected chi connectivity index (χ2v) is 8.76. The van der Waals surface area contributed by atoms with Gasteiger partial charge in [0, 0.05) is 18.8 Å². The van der Waals surface area contributed by atoms with Gasteiger partial charge in [-0.15, -0.1) is 10.2 Å². The molecule has 5 rings (SSSR count). The number of thioether (sulfide) groups is 1. The summed E-state index contributed by atoms with van der Waals surface area (Å²) in [4.78, 5) is 14.9. The van der Waals surface area contributed by atoms with Gasteiger partial charge < -0.3 is 14.6 Å². The zero-order valence-electron chi connectivity index (χ0n) is 17.3. The summed E-state index contributed by atoms with van der Waals surface area (Å²) in [6.07, 6.45) is 0.877. The Kier molecular flexibility index (Phi) is 4.90. The molecule has 0 unspecified atom stereocenters. The highest BCUT2D eigenvalue weighted by atomic mass is 32.2. The quantitative estimate of drug-likeness (QED) is 0.486. The molecule has 6 nitrogen and oxygen atoms in total. The number of para-hydroxylation sites is 1. The molecular formula is C24H22N4O2S. The van der Waals surface area contributed by atoms with Crippen molar-refractivity contribution in [3.63, 3.8) is 0 Å². The SMILES string of the molecule is C[C@@H]1Cc2ccccc2N1C(=O)CSc1nnc(-c2cc3ccccc3cc2O)n1C. The molecule has 1 amide bonds. The molecule has 0 radical (unpaired) electrons. The van der Waals surface area contributed by atoms with Crippen LogP contribution in [0.2, 0.25) is 0 Å². The summed E-state index contributed by atoms with van der Waals surface area (Å²) >= 11 is 1.36. The second kappa shape index (κ2) is 7.74. The topological polar surface area (TPSA) is 71.2 Å². The first-order chi connectivity index (χ1) is 15.0. The van der Waals surface area contributed by atoms with E-state index in [-0.39, 0.29) is 23.5 Å². The molecule has 0 aliphatic carbocycles. The van der Waals surface area contributed by atoms with Crippen LogP contribution in [-0.4, -0.2) is 37.6 Å². The van der Waals surface area contributed by atoms with Crippen LogP contribution >= 0.6 is 11.8 Å². The van der Waals surface area contributed by atoms with Crippen molar-refractivity contribution in [3.05, 3.63) is 66.2 Å². The lowest BCUT2D eigenvalue weighted by atomic mass is 10.1.